The topological polar surface area (TPSA) is 67.2 Å². The molecule has 4 N–H and O–H groups in total. The van der Waals surface area contributed by atoms with Crippen LogP contribution in [0, 0.1) is 0 Å². The molecule has 1 rings (SSSR count). The van der Waals surface area contributed by atoms with Crippen molar-refractivity contribution in [1.29, 1.82) is 0 Å². The normalized spacial score (nSPS) is 12.8. The number of amides is 1. The maximum atomic E-state index is 12.9. The molecule has 0 aliphatic carbocycles. The first-order valence-corrected chi connectivity index (χ1v) is 6.74. The number of anilines is 2. The van der Waals surface area contributed by atoms with Gasteiger partial charge in [-0.25, -0.2) is 0 Å². The van der Waals surface area contributed by atoms with E-state index >= 15 is 0 Å². The predicted octanol–water partition coefficient (Wildman–Crippen LogP) is 3.00. The lowest BCUT2D eigenvalue weighted by molar-refractivity contribution is -0.136. The summed E-state index contributed by atoms with van der Waals surface area (Å²) in [5.41, 5.74) is 4.52. The van der Waals surface area contributed by atoms with Gasteiger partial charge in [-0.1, -0.05) is 6.92 Å². The molecule has 0 saturated heterocycles. The summed E-state index contributed by atoms with van der Waals surface area (Å²) >= 11 is 0. The van der Waals surface area contributed by atoms with Crippen LogP contribution in [0.2, 0.25) is 0 Å². The van der Waals surface area contributed by atoms with E-state index in [4.69, 9.17) is 5.73 Å². The summed E-state index contributed by atoms with van der Waals surface area (Å²) in [7, 11) is 0. The van der Waals surface area contributed by atoms with Crippen molar-refractivity contribution >= 4 is 17.3 Å². The molecule has 0 aromatic heterocycles. The van der Waals surface area contributed by atoms with Crippen LogP contribution >= 0.6 is 0 Å². The van der Waals surface area contributed by atoms with Gasteiger partial charge in [0.05, 0.1) is 5.56 Å². The van der Waals surface area contributed by atoms with Crippen molar-refractivity contribution in [2.75, 3.05) is 17.6 Å². The summed E-state index contributed by atoms with van der Waals surface area (Å²) < 4.78 is 38.6. The van der Waals surface area contributed by atoms with Gasteiger partial charge in [0.1, 0.15) is 0 Å². The number of benzene rings is 1. The maximum absolute atomic E-state index is 12.9. The summed E-state index contributed by atoms with van der Waals surface area (Å²) in [5, 5.41) is 5.38. The molecule has 1 unspecified atom stereocenters. The van der Waals surface area contributed by atoms with E-state index in [-0.39, 0.29) is 36.3 Å². The van der Waals surface area contributed by atoms with Crippen LogP contribution < -0.4 is 16.4 Å². The first-order chi connectivity index (χ1) is 9.74. The fourth-order valence-electron chi connectivity index (χ4n) is 1.71. The Morgan fingerprint density at radius 3 is 2.62 bits per heavy atom. The van der Waals surface area contributed by atoms with Gasteiger partial charge < -0.3 is 16.4 Å². The Hall–Kier alpha value is -1.92. The van der Waals surface area contributed by atoms with Crippen LogP contribution in [0.3, 0.4) is 0 Å². The molecule has 1 aromatic rings. The second kappa shape index (κ2) is 7.19. The van der Waals surface area contributed by atoms with Crippen LogP contribution in [0.4, 0.5) is 24.5 Å². The summed E-state index contributed by atoms with van der Waals surface area (Å²) in [6.45, 7) is 3.93. The maximum Gasteiger partial charge on any atom is 0.418 e. The van der Waals surface area contributed by atoms with Crippen LogP contribution in [-0.2, 0) is 11.0 Å². The van der Waals surface area contributed by atoms with Gasteiger partial charge in [0, 0.05) is 30.4 Å². The molecule has 0 saturated carbocycles. The van der Waals surface area contributed by atoms with E-state index in [1.54, 1.807) is 0 Å². The molecule has 118 valence electrons. The van der Waals surface area contributed by atoms with Crippen molar-refractivity contribution in [3.05, 3.63) is 23.8 Å². The van der Waals surface area contributed by atoms with Crippen molar-refractivity contribution in [1.82, 2.24) is 5.32 Å². The Morgan fingerprint density at radius 2 is 2.05 bits per heavy atom. The third-order valence-electron chi connectivity index (χ3n) is 3.04. The third kappa shape index (κ3) is 5.53. The van der Waals surface area contributed by atoms with Gasteiger partial charge in [0.25, 0.3) is 0 Å². The number of hydrogen-bond acceptors (Lipinski definition) is 3. The van der Waals surface area contributed by atoms with Gasteiger partial charge in [-0.3, -0.25) is 4.79 Å². The molecule has 0 spiro atoms. The molecule has 7 heteroatoms. The average Bonchev–Trinajstić information content (AvgIpc) is 2.39. The molecule has 0 fully saturated rings. The highest BCUT2D eigenvalue weighted by Crippen LogP contribution is 2.35. The van der Waals surface area contributed by atoms with Gasteiger partial charge in [0.15, 0.2) is 0 Å². The highest BCUT2D eigenvalue weighted by molar-refractivity contribution is 5.76. The number of alkyl halides is 3. The Balaban J connectivity index is 2.62. The van der Waals surface area contributed by atoms with Crippen LogP contribution in [0.1, 0.15) is 32.3 Å². The highest BCUT2D eigenvalue weighted by Gasteiger charge is 2.33. The molecule has 4 nitrogen and oxygen atoms in total. The minimum atomic E-state index is -4.49. The predicted molar refractivity (Wildman–Crippen MR) is 76.9 cm³/mol. The zero-order valence-corrected chi connectivity index (χ0v) is 12.1. The number of nitrogen functional groups attached to an aromatic ring is 1. The van der Waals surface area contributed by atoms with Gasteiger partial charge in [-0.2, -0.15) is 13.2 Å². The van der Waals surface area contributed by atoms with Crippen molar-refractivity contribution in [2.24, 2.45) is 0 Å². The number of nitrogens with two attached hydrogens (primary N) is 1. The Labute approximate surface area is 121 Å². The average molecular weight is 303 g/mol. The Bertz CT molecular complexity index is 489. The smallest absolute Gasteiger partial charge is 0.399 e. The number of hydrogen-bond donors (Lipinski definition) is 3. The van der Waals surface area contributed by atoms with Gasteiger partial charge in [-0.15, -0.1) is 0 Å². The molecule has 0 aliphatic heterocycles. The Kier molecular flexibility index (Phi) is 5.87. The van der Waals surface area contributed by atoms with Gasteiger partial charge in [-0.05, 0) is 31.5 Å². The van der Waals surface area contributed by atoms with E-state index in [0.717, 1.165) is 12.5 Å². The molecular formula is C14H20F3N3O. The van der Waals surface area contributed by atoms with Crippen LogP contribution in [0.5, 0.6) is 0 Å². The molecule has 0 radical (unpaired) electrons. The quantitative estimate of drug-likeness (QED) is 0.708. The standard InChI is InChI=1S/C14H20F3N3O/c1-3-9(2)20-13(21)6-7-19-12-5-4-10(18)8-11(12)14(15,16)17/h4-5,8-9,19H,3,6-7,18H2,1-2H3,(H,20,21). The molecular weight excluding hydrogens is 283 g/mol. The lowest BCUT2D eigenvalue weighted by Gasteiger charge is -2.16. The molecule has 21 heavy (non-hydrogen) atoms. The zero-order valence-electron chi connectivity index (χ0n) is 12.1. The second-order valence-corrected chi connectivity index (χ2v) is 4.86. The number of halogens is 3. The highest BCUT2D eigenvalue weighted by atomic mass is 19.4. The van der Waals surface area contributed by atoms with E-state index in [1.807, 2.05) is 13.8 Å². The Morgan fingerprint density at radius 1 is 1.38 bits per heavy atom. The molecule has 0 aliphatic rings. The van der Waals surface area contributed by atoms with E-state index in [1.165, 1.54) is 12.1 Å². The fraction of sp³-hybridized carbons (Fsp3) is 0.500. The van der Waals surface area contributed by atoms with E-state index < -0.39 is 11.7 Å². The first kappa shape index (κ1) is 17.1. The van der Waals surface area contributed by atoms with E-state index in [0.29, 0.717) is 0 Å². The second-order valence-electron chi connectivity index (χ2n) is 4.86. The van der Waals surface area contributed by atoms with Crippen molar-refractivity contribution in [2.45, 2.75) is 38.9 Å². The van der Waals surface area contributed by atoms with Crippen LogP contribution in [0.25, 0.3) is 0 Å². The molecule has 0 bridgehead atoms. The van der Waals surface area contributed by atoms with Crippen LogP contribution in [-0.4, -0.2) is 18.5 Å². The summed E-state index contributed by atoms with van der Waals surface area (Å²) in [5.74, 6) is -0.194. The van der Waals surface area contributed by atoms with Crippen LogP contribution in [0.15, 0.2) is 18.2 Å². The number of nitrogens with one attached hydrogen (secondary N) is 2. The van der Waals surface area contributed by atoms with Gasteiger partial charge in [0.2, 0.25) is 5.91 Å². The summed E-state index contributed by atoms with van der Waals surface area (Å²) in [6, 6.07) is 3.59. The first-order valence-electron chi connectivity index (χ1n) is 6.74. The zero-order chi connectivity index (χ0) is 16.0. The summed E-state index contributed by atoms with van der Waals surface area (Å²) in [6.07, 6.45) is -3.59. The van der Waals surface area contributed by atoms with Crippen molar-refractivity contribution < 1.29 is 18.0 Å². The minimum Gasteiger partial charge on any atom is -0.399 e. The molecule has 0 heterocycles. The lowest BCUT2D eigenvalue weighted by Crippen LogP contribution is -2.33. The van der Waals surface area contributed by atoms with E-state index in [2.05, 4.69) is 10.6 Å². The molecule has 1 amide bonds. The SMILES string of the molecule is CCC(C)NC(=O)CCNc1ccc(N)cc1C(F)(F)F. The number of carbonyl (C=O) groups is 1. The summed E-state index contributed by atoms with van der Waals surface area (Å²) in [4.78, 5) is 11.5. The largest absolute Gasteiger partial charge is 0.418 e. The monoisotopic (exact) mass is 303 g/mol. The molecule has 1 aromatic carbocycles. The lowest BCUT2D eigenvalue weighted by atomic mass is 10.1. The van der Waals surface area contributed by atoms with Crippen molar-refractivity contribution in [3.8, 4) is 0 Å². The minimum absolute atomic E-state index is 0.0439. The van der Waals surface area contributed by atoms with E-state index in [9.17, 15) is 18.0 Å². The van der Waals surface area contributed by atoms with Crippen molar-refractivity contribution in [3.63, 3.8) is 0 Å². The molecule has 1 atom stereocenters. The fourth-order valence-corrected chi connectivity index (χ4v) is 1.71. The number of carbonyl (C=O) groups excluding carboxylic acids is 1. The number of rotatable bonds is 6. The third-order valence-corrected chi connectivity index (χ3v) is 3.04. The van der Waals surface area contributed by atoms with Gasteiger partial charge >= 0.3 is 6.18 Å².